The summed E-state index contributed by atoms with van der Waals surface area (Å²) in [5.74, 6) is -0.253. The molecule has 0 bridgehead atoms. The van der Waals surface area contributed by atoms with E-state index in [1.54, 1.807) is 6.07 Å². The standard InChI is InChI=1S/C14H22FN3/c1-17(10-14-4-3-5-18(14)2)9-11-6-12(15)8-13(16)7-11/h6-8,14H,3-5,9-10,16H2,1-2H3. The minimum Gasteiger partial charge on any atom is -0.399 e. The van der Waals surface area contributed by atoms with E-state index in [1.807, 2.05) is 6.07 Å². The molecular formula is C14H22FN3. The number of rotatable bonds is 4. The molecular weight excluding hydrogens is 229 g/mol. The Balaban J connectivity index is 1.92. The van der Waals surface area contributed by atoms with Gasteiger partial charge in [-0.25, -0.2) is 4.39 Å². The summed E-state index contributed by atoms with van der Waals surface area (Å²) in [6.45, 7) is 2.95. The highest BCUT2D eigenvalue weighted by Gasteiger charge is 2.21. The Morgan fingerprint density at radius 3 is 2.83 bits per heavy atom. The number of halogens is 1. The zero-order valence-electron chi connectivity index (χ0n) is 11.2. The van der Waals surface area contributed by atoms with Gasteiger partial charge in [0.25, 0.3) is 0 Å². The van der Waals surface area contributed by atoms with Crippen LogP contribution in [0.2, 0.25) is 0 Å². The van der Waals surface area contributed by atoms with Gasteiger partial charge in [-0.2, -0.15) is 0 Å². The highest BCUT2D eigenvalue weighted by atomic mass is 19.1. The summed E-state index contributed by atoms with van der Waals surface area (Å²) in [4.78, 5) is 4.64. The van der Waals surface area contributed by atoms with Crippen LogP contribution in [-0.4, -0.2) is 43.0 Å². The molecule has 2 rings (SSSR count). The Bertz CT molecular complexity index is 388. The lowest BCUT2D eigenvalue weighted by Gasteiger charge is -2.25. The van der Waals surface area contributed by atoms with E-state index in [1.165, 1.54) is 25.5 Å². The molecule has 1 aliphatic rings. The van der Waals surface area contributed by atoms with E-state index >= 15 is 0 Å². The molecule has 1 fully saturated rings. The summed E-state index contributed by atoms with van der Waals surface area (Å²) < 4.78 is 13.2. The smallest absolute Gasteiger partial charge is 0.125 e. The number of hydrogen-bond donors (Lipinski definition) is 1. The molecule has 1 heterocycles. The average molecular weight is 251 g/mol. The second-order valence-corrected chi connectivity index (χ2v) is 5.37. The number of hydrogen-bond acceptors (Lipinski definition) is 3. The molecule has 4 heteroatoms. The fourth-order valence-electron chi connectivity index (χ4n) is 2.71. The molecule has 0 amide bonds. The lowest BCUT2D eigenvalue weighted by atomic mass is 10.1. The molecule has 0 radical (unpaired) electrons. The van der Waals surface area contributed by atoms with Crippen molar-refractivity contribution in [2.75, 3.05) is 32.9 Å². The van der Waals surface area contributed by atoms with Gasteiger partial charge in [-0.05, 0) is 57.2 Å². The lowest BCUT2D eigenvalue weighted by Crippen LogP contribution is -2.36. The fourth-order valence-corrected chi connectivity index (χ4v) is 2.71. The second kappa shape index (κ2) is 5.67. The molecule has 1 aliphatic heterocycles. The summed E-state index contributed by atoms with van der Waals surface area (Å²) in [5.41, 5.74) is 7.09. The number of likely N-dealkylation sites (N-methyl/N-ethyl adjacent to an activating group) is 2. The van der Waals surface area contributed by atoms with Crippen LogP contribution in [0.4, 0.5) is 10.1 Å². The van der Waals surface area contributed by atoms with Crippen molar-refractivity contribution in [1.29, 1.82) is 0 Å². The SMILES string of the molecule is CN(Cc1cc(N)cc(F)c1)CC1CCCN1C. The predicted molar refractivity (Wildman–Crippen MR) is 72.8 cm³/mol. The molecule has 1 atom stereocenters. The average Bonchev–Trinajstić information content (AvgIpc) is 2.62. The third-order valence-corrected chi connectivity index (χ3v) is 3.63. The molecule has 1 unspecified atom stereocenters. The van der Waals surface area contributed by atoms with Crippen LogP contribution in [0.5, 0.6) is 0 Å². The van der Waals surface area contributed by atoms with Gasteiger partial charge in [0.2, 0.25) is 0 Å². The van der Waals surface area contributed by atoms with Crippen LogP contribution in [0.1, 0.15) is 18.4 Å². The first-order valence-electron chi connectivity index (χ1n) is 6.48. The van der Waals surface area contributed by atoms with Gasteiger partial charge >= 0.3 is 0 Å². The van der Waals surface area contributed by atoms with Gasteiger partial charge in [0.1, 0.15) is 5.82 Å². The van der Waals surface area contributed by atoms with Gasteiger partial charge in [-0.15, -0.1) is 0 Å². The first-order valence-corrected chi connectivity index (χ1v) is 6.48. The van der Waals surface area contributed by atoms with Gasteiger partial charge < -0.3 is 15.5 Å². The number of nitrogens with zero attached hydrogens (tertiary/aromatic N) is 2. The lowest BCUT2D eigenvalue weighted by molar-refractivity contribution is 0.215. The van der Waals surface area contributed by atoms with Crippen molar-refractivity contribution in [2.45, 2.75) is 25.4 Å². The summed E-state index contributed by atoms with van der Waals surface area (Å²) in [6, 6.07) is 5.39. The Morgan fingerprint density at radius 1 is 1.44 bits per heavy atom. The van der Waals surface area contributed by atoms with E-state index in [-0.39, 0.29) is 5.82 Å². The van der Waals surface area contributed by atoms with E-state index in [4.69, 9.17) is 5.73 Å². The maximum Gasteiger partial charge on any atom is 0.125 e. The van der Waals surface area contributed by atoms with E-state index in [0.717, 1.165) is 18.7 Å². The third-order valence-electron chi connectivity index (χ3n) is 3.63. The highest BCUT2D eigenvalue weighted by molar-refractivity contribution is 5.41. The van der Waals surface area contributed by atoms with Crippen LogP contribution >= 0.6 is 0 Å². The Kier molecular flexibility index (Phi) is 4.19. The fraction of sp³-hybridized carbons (Fsp3) is 0.571. The van der Waals surface area contributed by atoms with E-state index in [2.05, 4.69) is 23.9 Å². The van der Waals surface area contributed by atoms with Crippen molar-refractivity contribution < 1.29 is 4.39 Å². The van der Waals surface area contributed by atoms with Crippen molar-refractivity contribution in [1.82, 2.24) is 9.80 Å². The molecule has 100 valence electrons. The minimum atomic E-state index is -0.253. The number of nitrogens with two attached hydrogens (primary N) is 1. The molecule has 2 N–H and O–H groups in total. The monoisotopic (exact) mass is 251 g/mol. The molecule has 1 aromatic carbocycles. The molecule has 18 heavy (non-hydrogen) atoms. The van der Waals surface area contributed by atoms with Gasteiger partial charge in [-0.1, -0.05) is 0 Å². The summed E-state index contributed by atoms with van der Waals surface area (Å²) in [7, 11) is 4.25. The van der Waals surface area contributed by atoms with Gasteiger partial charge in [-0.3, -0.25) is 0 Å². The molecule has 1 aromatic rings. The van der Waals surface area contributed by atoms with Gasteiger partial charge in [0, 0.05) is 24.8 Å². The van der Waals surface area contributed by atoms with Crippen LogP contribution in [-0.2, 0) is 6.54 Å². The molecule has 3 nitrogen and oxygen atoms in total. The van der Waals surface area contributed by atoms with Gasteiger partial charge in [0.15, 0.2) is 0 Å². The molecule has 0 aliphatic carbocycles. The quantitative estimate of drug-likeness (QED) is 0.830. The topological polar surface area (TPSA) is 32.5 Å². The highest BCUT2D eigenvalue weighted by Crippen LogP contribution is 2.17. The van der Waals surface area contributed by atoms with Crippen molar-refractivity contribution >= 4 is 5.69 Å². The number of nitrogen functional groups attached to an aromatic ring is 1. The summed E-state index contributed by atoms with van der Waals surface area (Å²) in [6.07, 6.45) is 2.54. The van der Waals surface area contributed by atoms with Crippen molar-refractivity contribution in [3.63, 3.8) is 0 Å². The predicted octanol–water partition coefficient (Wildman–Crippen LogP) is 1.93. The maximum atomic E-state index is 13.2. The molecule has 1 saturated heterocycles. The van der Waals surface area contributed by atoms with Crippen LogP contribution < -0.4 is 5.73 Å². The minimum absolute atomic E-state index is 0.253. The second-order valence-electron chi connectivity index (χ2n) is 5.37. The molecule has 0 saturated carbocycles. The van der Waals surface area contributed by atoms with Crippen LogP contribution in [0.25, 0.3) is 0 Å². The zero-order chi connectivity index (χ0) is 13.1. The van der Waals surface area contributed by atoms with E-state index < -0.39 is 0 Å². The zero-order valence-corrected chi connectivity index (χ0v) is 11.2. The Labute approximate surface area is 108 Å². The van der Waals surface area contributed by atoms with E-state index in [0.29, 0.717) is 11.7 Å². The summed E-state index contributed by atoms with van der Waals surface area (Å²) >= 11 is 0. The molecule has 0 aromatic heterocycles. The van der Waals surface area contributed by atoms with Crippen LogP contribution in [0, 0.1) is 5.82 Å². The van der Waals surface area contributed by atoms with Crippen molar-refractivity contribution in [2.24, 2.45) is 0 Å². The normalized spacial score (nSPS) is 20.8. The van der Waals surface area contributed by atoms with Crippen molar-refractivity contribution in [3.8, 4) is 0 Å². The van der Waals surface area contributed by atoms with Crippen molar-refractivity contribution in [3.05, 3.63) is 29.6 Å². The first-order chi connectivity index (χ1) is 8.54. The largest absolute Gasteiger partial charge is 0.399 e. The summed E-state index contributed by atoms with van der Waals surface area (Å²) in [5, 5.41) is 0. The van der Waals surface area contributed by atoms with Gasteiger partial charge in [0.05, 0.1) is 0 Å². The molecule has 0 spiro atoms. The Morgan fingerprint density at radius 2 is 2.22 bits per heavy atom. The number of anilines is 1. The number of benzene rings is 1. The van der Waals surface area contributed by atoms with Crippen LogP contribution in [0.3, 0.4) is 0 Å². The number of likely N-dealkylation sites (tertiary alicyclic amines) is 1. The Hall–Kier alpha value is -1.13. The maximum absolute atomic E-state index is 13.2. The third kappa shape index (κ3) is 3.43. The van der Waals surface area contributed by atoms with E-state index in [9.17, 15) is 4.39 Å². The van der Waals surface area contributed by atoms with Crippen LogP contribution in [0.15, 0.2) is 18.2 Å². The first kappa shape index (κ1) is 13.3.